The van der Waals surface area contributed by atoms with Crippen LogP contribution in [-0.4, -0.2) is 57.9 Å². The summed E-state index contributed by atoms with van der Waals surface area (Å²) in [6.45, 7) is 15.0. The minimum Gasteiger partial charge on any atom is -0.394 e. The Hall–Kier alpha value is -0.240. The minimum absolute atomic E-state index is 0.167. The normalized spacial score (nSPS) is 8.70. The maximum absolute atomic E-state index is 8.06. The summed E-state index contributed by atoms with van der Waals surface area (Å²) >= 11 is 0. The number of hydrogen-bond acceptors (Lipinski definition) is 6. The summed E-state index contributed by atoms with van der Waals surface area (Å²) in [6.07, 6.45) is -0.667. The zero-order chi connectivity index (χ0) is 17.7. The van der Waals surface area contributed by atoms with Gasteiger partial charge in [0.05, 0.1) is 0 Å². The molecule has 0 unspecified atom stereocenters. The molecule has 0 radical (unpaired) electrons. The zero-order valence-electron chi connectivity index (χ0n) is 14.7. The smallest absolute Gasteiger partial charge is 0.0483 e. The third-order valence-corrected chi connectivity index (χ3v) is 0.167. The standard InChI is InChI=1S/4C3H8O.C2H8N2/c4*1-3(2)4;3-1-2-4/h4*3-4H,1-2H3;1-4H2. The van der Waals surface area contributed by atoms with E-state index < -0.39 is 0 Å². The third kappa shape index (κ3) is 8640. The highest BCUT2D eigenvalue weighted by atomic mass is 16.3. The van der Waals surface area contributed by atoms with Crippen molar-refractivity contribution in [2.75, 3.05) is 13.1 Å². The van der Waals surface area contributed by atoms with Crippen LogP contribution in [0.25, 0.3) is 0 Å². The van der Waals surface area contributed by atoms with Crippen molar-refractivity contribution >= 4 is 0 Å². The van der Waals surface area contributed by atoms with Gasteiger partial charge in [0.25, 0.3) is 0 Å². The maximum atomic E-state index is 8.06. The fourth-order valence-electron chi connectivity index (χ4n) is 0. The van der Waals surface area contributed by atoms with Crippen molar-refractivity contribution in [1.82, 2.24) is 0 Å². The summed E-state index contributed by atoms with van der Waals surface area (Å²) in [5, 5.41) is 32.2. The van der Waals surface area contributed by atoms with Crippen LogP contribution >= 0.6 is 0 Å². The molecule has 0 bridgehead atoms. The van der Waals surface area contributed by atoms with Crippen molar-refractivity contribution in [2.24, 2.45) is 11.5 Å². The van der Waals surface area contributed by atoms with E-state index in [4.69, 9.17) is 31.9 Å². The molecule has 130 valence electrons. The molecular formula is C14H40N2O4. The highest BCUT2D eigenvalue weighted by Crippen LogP contribution is 1.66. The van der Waals surface area contributed by atoms with Crippen molar-refractivity contribution in [3.8, 4) is 0 Å². The van der Waals surface area contributed by atoms with Gasteiger partial charge in [-0.25, -0.2) is 0 Å². The Morgan fingerprint density at radius 2 is 0.550 bits per heavy atom. The zero-order valence-corrected chi connectivity index (χ0v) is 14.7. The van der Waals surface area contributed by atoms with Gasteiger partial charge in [0, 0.05) is 37.5 Å². The van der Waals surface area contributed by atoms with Gasteiger partial charge in [0.2, 0.25) is 0 Å². The fourth-order valence-corrected chi connectivity index (χ4v) is 0. The third-order valence-electron chi connectivity index (χ3n) is 0.167. The Kier molecular flexibility index (Phi) is 49.9. The van der Waals surface area contributed by atoms with Gasteiger partial charge < -0.3 is 31.9 Å². The summed E-state index contributed by atoms with van der Waals surface area (Å²) < 4.78 is 0. The molecule has 0 aromatic carbocycles. The predicted octanol–water partition coefficient (Wildman–Crippen LogP) is 0.452. The molecule has 0 atom stereocenters. The predicted molar refractivity (Wildman–Crippen MR) is 87.5 cm³/mol. The molecule has 0 saturated heterocycles. The van der Waals surface area contributed by atoms with Gasteiger partial charge in [0.1, 0.15) is 0 Å². The van der Waals surface area contributed by atoms with E-state index in [1.807, 2.05) is 0 Å². The molecule has 0 aromatic heterocycles. The van der Waals surface area contributed by atoms with Gasteiger partial charge in [-0.1, -0.05) is 0 Å². The van der Waals surface area contributed by atoms with Crippen molar-refractivity contribution in [3.63, 3.8) is 0 Å². The summed E-state index contributed by atoms with van der Waals surface area (Å²) in [4.78, 5) is 0. The summed E-state index contributed by atoms with van der Waals surface area (Å²) in [7, 11) is 0. The van der Waals surface area contributed by atoms with E-state index in [0.29, 0.717) is 13.1 Å². The summed E-state index contributed by atoms with van der Waals surface area (Å²) in [5.74, 6) is 0. The molecule has 20 heavy (non-hydrogen) atoms. The van der Waals surface area contributed by atoms with Gasteiger partial charge in [-0.2, -0.15) is 0 Å². The molecule has 0 aliphatic heterocycles. The van der Waals surface area contributed by atoms with E-state index in [1.54, 1.807) is 55.4 Å². The molecule has 0 saturated carbocycles. The Morgan fingerprint density at radius 1 is 0.500 bits per heavy atom. The van der Waals surface area contributed by atoms with Crippen LogP contribution in [0, 0.1) is 0 Å². The Bertz CT molecular complexity index is 84.7. The SMILES string of the molecule is CC(C)O.CC(C)O.CC(C)O.CC(C)O.NCCN. The van der Waals surface area contributed by atoms with Gasteiger partial charge in [-0.15, -0.1) is 0 Å². The van der Waals surface area contributed by atoms with E-state index in [2.05, 4.69) is 0 Å². The Balaban J connectivity index is -0.0000000469. The highest BCUT2D eigenvalue weighted by Gasteiger charge is 1.70. The minimum atomic E-state index is -0.167. The first kappa shape index (κ1) is 31.9. The lowest BCUT2D eigenvalue weighted by Gasteiger charge is -1.80. The van der Waals surface area contributed by atoms with Crippen LogP contribution in [0.5, 0.6) is 0 Å². The molecule has 0 spiro atoms. The van der Waals surface area contributed by atoms with E-state index in [1.165, 1.54) is 0 Å². The van der Waals surface area contributed by atoms with Crippen molar-refractivity contribution in [3.05, 3.63) is 0 Å². The Morgan fingerprint density at radius 3 is 0.550 bits per heavy atom. The second kappa shape index (κ2) is 31.3. The second-order valence-electron chi connectivity index (χ2n) is 4.95. The van der Waals surface area contributed by atoms with Crippen LogP contribution in [0.1, 0.15) is 55.4 Å². The van der Waals surface area contributed by atoms with Crippen molar-refractivity contribution < 1.29 is 20.4 Å². The molecule has 0 heterocycles. The largest absolute Gasteiger partial charge is 0.394 e. The lowest BCUT2D eigenvalue weighted by Crippen LogP contribution is -2.11. The Labute approximate surface area is 125 Å². The van der Waals surface area contributed by atoms with E-state index >= 15 is 0 Å². The molecule has 6 nitrogen and oxygen atoms in total. The molecule has 0 aromatic rings. The van der Waals surface area contributed by atoms with Crippen LogP contribution in [-0.2, 0) is 0 Å². The number of rotatable bonds is 1. The van der Waals surface area contributed by atoms with Crippen LogP contribution in [0.4, 0.5) is 0 Å². The van der Waals surface area contributed by atoms with Gasteiger partial charge in [-0.05, 0) is 55.4 Å². The molecule has 0 aliphatic rings. The molecule has 8 N–H and O–H groups in total. The molecule has 0 fully saturated rings. The first-order valence-electron chi connectivity index (χ1n) is 6.97. The molecule has 0 aliphatic carbocycles. The number of aliphatic hydroxyl groups excluding tert-OH is 4. The fraction of sp³-hybridized carbons (Fsp3) is 1.00. The van der Waals surface area contributed by atoms with Crippen LogP contribution < -0.4 is 11.5 Å². The quantitative estimate of drug-likeness (QED) is 0.416. The molecule has 6 heteroatoms. The van der Waals surface area contributed by atoms with Gasteiger partial charge >= 0.3 is 0 Å². The van der Waals surface area contributed by atoms with E-state index in [0.717, 1.165) is 0 Å². The van der Waals surface area contributed by atoms with Crippen LogP contribution in [0.2, 0.25) is 0 Å². The van der Waals surface area contributed by atoms with Gasteiger partial charge in [-0.3, -0.25) is 0 Å². The topological polar surface area (TPSA) is 133 Å². The van der Waals surface area contributed by atoms with Gasteiger partial charge in [0.15, 0.2) is 0 Å². The summed E-state index contributed by atoms with van der Waals surface area (Å²) in [6, 6.07) is 0. The lowest BCUT2D eigenvalue weighted by atomic mass is 10.5. The molecule has 0 rings (SSSR count). The summed E-state index contributed by atoms with van der Waals surface area (Å²) in [5.41, 5.74) is 9.81. The van der Waals surface area contributed by atoms with Crippen LogP contribution in [0.3, 0.4) is 0 Å². The van der Waals surface area contributed by atoms with Crippen molar-refractivity contribution in [2.45, 2.75) is 79.8 Å². The number of aliphatic hydroxyl groups is 4. The monoisotopic (exact) mass is 300 g/mol. The lowest BCUT2D eigenvalue weighted by molar-refractivity contribution is 0.215. The second-order valence-corrected chi connectivity index (χ2v) is 4.95. The van der Waals surface area contributed by atoms with Crippen LogP contribution in [0.15, 0.2) is 0 Å². The number of nitrogens with two attached hydrogens (primary N) is 2. The average molecular weight is 300 g/mol. The first-order chi connectivity index (χ1) is 8.84. The first-order valence-corrected chi connectivity index (χ1v) is 6.97. The maximum Gasteiger partial charge on any atom is 0.0483 e. The highest BCUT2D eigenvalue weighted by molar-refractivity contribution is 4.26. The number of hydrogen-bond donors (Lipinski definition) is 6. The van der Waals surface area contributed by atoms with E-state index in [9.17, 15) is 0 Å². The molecular weight excluding hydrogens is 260 g/mol. The molecule has 0 amide bonds. The average Bonchev–Trinajstić information content (AvgIpc) is 2.13. The van der Waals surface area contributed by atoms with E-state index in [-0.39, 0.29) is 24.4 Å². The van der Waals surface area contributed by atoms with Crippen molar-refractivity contribution in [1.29, 1.82) is 0 Å².